The number of ether oxygens (including phenoxy) is 1. The third-order valence-corrected chi connectivity index (χ3v) is 5.50. The van der Waals surface area contributed by atoms with Gasteiger partial charge in [-0.15, -0.1) is 0 Å². The summed E-state index contributed by atoms with van der Waals surface area (Å²) in [6.45, 7) is 4.72. The van der Waals surface area contributed by atoms with Crippen molar-refractivity contribution in [3.63, 3.8) is 0 Å². The van der Waals surface area contributed by atoms with Crippen LogP contribution in [0.5, 0.6) is 5.75 Å². The molecular weight excluding hydrogens is 366 g/mol. The summed E-state index contributed by atoms with van der Waals surface area (Å²) in [5, 5.41) is 5.82. The van der Waals surface area contributed by atoms with E-state index < -0.39 is 0 Å². The Labute approximate surface area is 171 Å². The molecule has 1 saturated heterocycles. The average Bonchev–Trinajstić information content (AvgIpc) is 3.36. The number of carbonyl (C=O) groups is 2. The fraction of sp³-hybridized carbons (Fsp3) is 0.391. The van der Waals surface area contributed by atoms with Gasteiger partial charge >= 0.3 is 0 Å². The van der Waals surface area contributed by atoms with E-state index in [4.69, 9.17) is 4.74 Å². The van der Waals surface area contributed by atoms with Crippen molar-refractivity contribution in [1.29, 1.82) is 0 Å². The number of hydrogen-bond donors (Lipinski definition) is 2. The predicted octanol–water partition coefficient (Wildman–Crippen LogP) is 3.90. The lowest BCUT2D eigenvalue weighted by Crippen LogP contribution is -2.21. The molecule has 29 heavy (non-hydrogen) atoms. The molecule has 1 heterocycles. The molecule has 0 aromatic heterocycles. The van der Waals surface area contributed by atoms with Crippen LogP contribution in [0.3, 0.4) is 0 Å². The standard InChI is InChI=1S/C23H27N3O3/c1-2-29-19-11-7-17(8-12-19)25-23(28)21-15-20(21)22(27)24-16-5-9-18(10-6-16)26-13-3-4-14-26/h5-12,20-21H,2-4,13-15H2,1H3,(H,24,27)(H,25,28). The Morgan fingerprint density at radius 3 is 1.93 bits per heavy atom. The largest absolute Gasteiger partial charge is 0.494 e. The molecule has 2 fully saturated rings. The zero-order chi connectivity index (χ0) is 20.2. The van der Waals surface area contributed by atoms with Crippen LogP contribution in [-0.2, 0) is 9.59 Å². The fourth-order valence-corrected chi connectivity index (χ4v) is 3.78. The van der Waals surface area contributed by atoms with Gasteiger partial charge in [-0.05, 0) is 74.7 Å². The highest BCUT2D eigenvalue weighted by atomic mass is 16.5. The molecule has 0 radical (unpaired) electrons. The van der Waals surface area contributed by atoms with Gasteiger partial charge in [0.05, 0.1) is 18.4 Å². The molecule has 1 saturated carbocycles. The van der Waals surface area contributed by atoms with Crippen molar-refractivity contribution >= 4 is 28.9 Å². The van der Waals surface area contributed by atoms with Gasteiger partial charge in [0, 0.05) is 30.2 Å². The summed E-state index contributed by atoms with van der Waals surface area (Å²) in [7, 11) is 0. The second-order valence-electron chi connectivity index (χ2n) is 7.63. The van der Waals surface area contributed by atoms with Crippen LogP contribution in [0.15, 0.2) is 48.5 Å². The van der Waals surface area contributed by atoms with Crippen LogP contribution in [0.1, 0.15) is 26.2 Å². The van der Waals surface area contributed by atoms with E-state index in [0.29, 0.717) is 18.7 Å². The van der Waals surface area contributed by atoms with Gasteiger partial charge in [0.2, 0.25) is 11.8 Å². The predicted molar refractivity (Wildman–Crippen MR) is 114 cm³/mol. The monoisotopic (exact) mass is 393 g/mol. The van der Waals surface area contributed by atoms with E-state index in [1.807, 2.05) is 55.5 Å². The summed E-state index contributed by atoms with van der Waals surface area (Å²) >= 11 is 0. The minimum Gasteiger partial charge on any atom is -0.494 e. The molecule has 152 valence electrons. The molecule has 1 aliphatic heterocycles. The van der Waals surface area contributed by atoms with Crippen molar-refractivity contribution in [2.24, 2.45) is 11.8 Å². The third kappa shape index (κ3) is 4.70. The second kappa shape index (κ2) is 8.55. The quantitative estimate of drug-likeness (QED) is 0.749. The molecular formula is C23H27N3O3. The molecule has 2 aromatic rings. The summed E-state index contributed by atoms with van der Waals surface area (Å²) < 4.78 is 5.40. The van der Waals surface area contributed by atoms with Crippen LogP contribution in [0.2, 0.25) is 0 Å². The van der Waals surface area contributed by atoms with Crippen molar-refractivity contribution in [3.05, 3.63) is 48.5 Å². The van der Waals surface area contributed by atoms with Crippen molar-refractivity contribution in [1.82, 2.24) is 0 Å². The lowest BCUT2D eigenvalue weighted by Gasteiger charge is -2.17. The fourth-order valence-electron chi connectivity index (χ4n) is 3.78. The van der Waals surface area contributed by atoms with Crippen LogP contribution in [0.4, 0.5) is 17.1 Å². The van der Waals surface area contributed by atoms with Crippen LogP contribution >= 0.6 is 0 Å². The highest BCUT2D eigenvalue weighted by Gasteiger charge is 2.48. The van der Waals surface area contributed by atoms with E-state index in [-0.39, 0.29) is 23.7 Å². The zero-order valence-electron chi connectivity index (χ0n) is 16.7. The first-order valence-corrected chi connectivity index (χ1v) is 10.3. The Balaban J connectivity index is 1.26. The van der Waals surface area contributed by atoms with Crippen LogP contribution in [-0.4, -0.2) is 31.5 Å². The maximum atomic E-state index is 12.5. The minimum atomic E-state index is -0.273. The average molecular weight is 393 g/mol. The second-order valence-corrected chi connectivity index (χ2v) is 7.63. The molecule has 1 aliphatic carbocycles. The van der Waals surface area contributed by atoms with E-state index in [0.717, 1.165) is 24.5 Å². The molecule has 2 atom stereocenters. The van der Waals surface area contributed by atoms with E-state index in [2.05, 4.69) is 15.5 Å². The van der Waals surface area contributed by atoms with Gasteiger partial charge in [0.25, 0.3) is 0 Å². The molecule has 6 heteroatoms. The maximum Gasteiger partial charge on any atom is 0.228 e. The van der Waals surface area contributed by atoms with Crippen molar-refractivity contribution in [3.8, 4) is 5.75 Å². The molecule has 2 N–H and O–H groups in total. The van der Waals surface area contributed by atoms with Gasteiger partial charge in [0.15, 0.2) is 0 Å². The number of anilines is 3. The first-order valence-electron chi connectivity index (χ1n) is 10.3. The number of amides is 2. The summed E-state index contributed by atoms with van der Waals surface area (Å²) in [5.74, 6) is 0.0239. The normalized spacial score (nSPS) is 20.2. The van der Waals surface area contributed by atoms with Crippen LogP contribution < -0.4 is 20.3 Å². The first kappa shape index (κ1) is 19.3. The SMILES string of the molecule is CCOc1ccc(NC(=O)C2CC2C(=O)Nc2ccc(N3CCCC3)cc2)cc1. The summed E-state index contributed by atoms with van der Waals surface area (Å²) in [6.07, 6.45) is 3.06. The van der Waals surface area contributed by atoms with E-state index in [9.17, 15) is 9.59 Å². The smallest absolute Gasteiger partial charge is 0.228 e. The third-order valence-electron chi connectivity index (χ3n) is 5.50. The summed E-state index contributed by atoms with van der Waals surface area (Å²) in [5.41, 5.74) is 2.68. The molecule has 2 aromatic carbocycles. The topological polar surface area (TPSA) is 70.7 Å². The lowest BCUT2D eigenvalue weighted by molar-refractivity contribution is -0.122. The number of nitrogens with one attached hydrogen (secondary N) is 2. The Morgan fingerprint density at radius 1 is 0.897 bits per heavy atom. The molecule has 0 bridgehead atoms. The van der Waals surface area contributed by atoms with Gasteiger partial charge in [0.1, 0.15) is 5.75 Å². The number of carbonyl (C=O) groups excluding carboxylic acids is 2. The maximum absolute atomic E-state index is 12.5. The van der Waals surface area contributed by atoms with Crippen molar-refractivity contribution in [2.75, 3.05) is 35.2 Å². The molecule has 4 rings (SSSR count). The molecule has 0 spiro atoms. The summed E-state index contributed by atoms with van der Waals surface area (Å²) in [6, 6.07) is 15.2. The van der Waals surface area contributed by atoms with Gasteiger partial charge in [-0.25, -0.2) is 0 Å². The van der Waals surface area contributed by atoms with Crippen LogP contribution in [0, 0.1) is 11.8 Å². The highest BCUT2D eigenvalue weighted by molar-refractivity contribution is 6.03. The number of hydrogen-bond acceptors (Lipinski definition) is 4. The molecule has 2 unspecified atom stereocenters. The number of benzene rings is 2. The molecule has 2 aliphatic rings. The highest BCUT2D eigenvalue weighted by Crippen LogP contribution is 2.40. The van der Waals surface area contributed by atoms with E-state index in [1.54, 1.807) is 0 Å². The molecule has 2 amide bonds. The van der Waals surface area contributed by atoms with Crippen molar-refractivity contribution in [2.45, 2.75) is 26.2 Å². The lowest BCUT2D eigenvalue weighted by atomic mass is 10.2. The van der Waals surface area contributed by atoms with E-state index >= 15 is 0 Å². The number of rotatable bonds is 7. The van der Waals surface area contributed by atoms with Gasteiger partial charge < -0.3 is 20.3 Å². The Hall–Kier alpha value is -3.02. The Kier molecular flexibility index (Phi) is 5.69. The molecule has 6 nitrogen and oxygen atoms in total. The van der Waals surface area contributed by atoms with E-state index in [1.165, 1.54) is 18.5 Å². The minimum absolute atomic E-state index is 0.0919. The van der Waals surface area contributed by atoms with Gasteiger partial charge in [-0.3, -0.25) is 9.59 Å². The van der Waals surface area contributed by atoms with Crippen LogP contribution in [0.25, 0.3) is 0 Å². The summed E-state index contributed by atoms with van der Waals surface area (Å²) in [4.78, 5) is 27.3. The Bertz CT molecular complexity index is 858. The van der Waals surface area contributed by atoms with Gasteiger partial charge in [-0.2, -0.15) is 0 Å². The Morgan fingerprint density at radius 2 is 1.41 bits per heavy atom. The van der Waals surface area contributed by atoms with Crippen molar-refractivity contribution < 1.29 is 14.3 Å². The number of nitrogens with zero attached hydrogens (tertiary/aromatic N) is 1. The first-order chi connectivity index (χ1) is 14.1. The van der Waals surface area contributed by atoms with Gasteiger partial charge in [-0.1, -0.05) is 0 Å². The zero-order valence-corrected chi connectivity index (χ0v) is 16.7.